The second-order valence-corrected chi connectivity index (χ2v) is 3.72. The average molecular weight is 217 g/mol. The van der Waals surface area contributed by atoms with Gasteiger partial charge in [0.2, 0.25) is 0 Å². The van der Waals surface area contributed by atoms with Crippen LogP contribution in [-0.4, -0.2) is 18.9 Å². The molecule has 1 aliphatic rings. The maximum Gasteiger partial charge on any atom is 0.119 e. The fraction of sp³-hybridized carbons (Fsp3) is 0.417. The largest absolute Gasteiger partial charge is 0.494 e. The third kappa shape index (κ3) is 2.89. The molecule has 4 heteroatoms. The molecule has 0 fully saturated rings. The van der Waals surface area contributed by atoms with Gasteiger partial charge in [-0.1, -0.05) is 19.1 Å². The van der Waals surface area contributed by atoms with E-state index in [1.54, 1.807) is 0 Å². The molecule has 0 unspecified atom stereocenters. The van der Waals surface area contributed by atoms with Crippen molar-refractivity contribution in [2.75, 3.05) is 13.2 Å². The van der Waals surface area contributed by atoms with E-state index in [4.69, 9.17) is 4.74 Å². The highest BCUT2D eigenvalue weighted by molar-refractivity contribution is 5.89. The van der Waals surface area contributed by atoms with Gasteiger partial charge < -0.3 is 4.74 Å². The van der Waals surface area contributed by atoms with E-state index in [9.17, 15) is 0 Å². The van der Waals surface area contributed by atoms with Crippen molar-refractivity contribution in [3.05, 3.63) is 29.8 Å². The molecule has 84 valence electrons. The summed E-state index contributed by atoms with van der Waals surface area (Å²) in [5, 5.41) is 11.4. The molecule has 0 spiro atoms. The van der Waals surface area contributed by atoms with Crippen LogP contribution in [0.4, 0.5) is 0 Å². The molecule has 16 heavy (non-hydrogen) atoms. The summed E-state index contributed by atoms with van der Waals surface area (Å²) in [7, 11) is 0. The fourth-order valence-electron chi connectivity index (χ4n) is 1.49. The van der Waals surface area contributed by atoms with Crippen molar-refractivity contribution >= 4 is 5.71 Å². The Balaban J connectivity index is 1.91. The summed E-state index contributed by atoms with van der Waals surface area (Å²) < 4.78 is 5.51. The molecular formula is C12H15N3O. The van der Waals surface area contributed by atoms with E-state index < -0.39 is 0 Å². The van der Waals surface area contributed by atoms with E-state index in [1.165, 1.54) is 5.56 Å². The number of benzene rings is 1. The minimum Gasteiger partial charge on any atom is -0.494 e. The zero-order chi connectivity index (χ0) is 11.2. The lowest BCUT2D eigenvalue weighted by Crippen LogP contribution is -2.03. The Morgan fingerprint density at radius 3 is 2.69 bits per heavy atom. The molecule has 0 radical (unpaired) electrons. The molecule has 1 aromatic carbocycles. The van der Waals surface area contributed by atoms with Gasteiger partial charge in [0, 0.05) is 6.42 Å². The van der Waals surface area contributed by atoms with Crippen molar-refractivity contribution in [3.8, 4) is 5.75 Å². The summed E-state index contributed by atoms with van der Waals surface area (Å²) in [5.74, 6) is 0.924. The first-order chi connectivity index (χ1) is 7.88. The van der Waals surface area contributed by atoms with Crippen LogP contribution in [-0.2, 0) is 6.42 Å². The molecule has 4 nitrogen and oxygen atoms in total. The molecular weight excluding hydrogens is 202 g/mol. The van der Waals surface area contributed by atoms with Crippen molar-refractivity contribution in [2.24, 2.45) is 15.4 Å². The first-order valence-electron chi connectivity index (χ1n) is 5.52. The summed E-state index contributed by atoms with van der Waals surface area (Å²) in [5.41, 5.74) is 2.23. The zero-order valence-corrected chi connectivity index (χ0v) is 9.39. The molecule has 0 atom stereocenters. The summed E-state index contributed by atoms with van der Waals surface area (Å²) in [4.78, 5) is 0. The van der Waals surface area contributed by atoms with Gasteiger partial charge in [0.15, 0.2) is 0 Å². The second kappa shape index (κ2) is 5.39. The molecule has 0 aromatic heterocycles. The van der Waals surface area contributed by atoms with E-state index in [0.29, 0.717) is 6.54 Å². The third-order valence-electron chi connectivity index (χ3n) is 2.31. The van der Waals surface area contributed by atoms with Crippen LogP contribution in [0.3, 0.4) is 0 Å². The van der Waals surface area contributed by atoms with Crippen molar-refractivity contribution in [1.29, 1.82) is 0 Å². The minimum absolute atomic E-state index is 0.633. The van der Waals surface area contributed by atoms with Gasteiger partial charge in [-0.25, -0.2) is 0 Å². The highest BCUT2D eigenvalue weighted by atomic mass is 16.5. The van der Waals surface area contributed by atoms with E-state index in [-0.39, 0.29) is 0 Å². The van der Waals surface area contributed by atoms with Crippen LogP contribution in [0.25, 0.3) is 0 Å². The highest BCUT2D eigenvalue weighted by Gasteiger charge is 2.05. The summed E-state index contributed by atoms with van der Waals surface area (Å²) >= 11 is 0. The SMILES string of the molecule is CCCOc1ccc(CC2=NN=NC2)cc1. The highest BCUT2D eigenvalue weighted by Crippen LogP contribution is 2.14. The molecule has 1 aliphatic heterocycles. The van der Waals surface area contributed by atoms with Gasteiger partial charge in [0.1, 0.15) is 12.3 Å². The Morgan fingerprint density at radius 1 is 1.25 bits per heavy atom. The van der Waals surface area contributed by atoms with Crippen LogP contribution >= 0.6 is 0 Å². The van der Waals surface area contributed by atoms with Crippen LogP contribution in [0, 0.1) is 0 Å². The predicted octanol–water partition coefficient (Wildman–Crippen LogP) is 2.84. The zero-order valence-electron chi connectivity index (χ0n) is 9.39. The maximum atomic E-state index is 5.51. The Labute approximate surface area is 95.0 Å². The number of rotatable bonds is 5. The van der Waals surface area contributed by atoms with Gasteiger partial charge >= 0.3 is 0 Å². The molecule has 0 saturated carbocycles. The van der Waals surface area contributed by atoms with Gasteiger partial charge in [0.05, 0.1) is 12.3 Å². The lowest BCUT2D eigenvalue weighted by Gasteiger charge is -2.05. The molecule has 0 amide bonds. The van der Waals surface area contributed by atoms with E-state index in [1.807, 2.05) is 12.1 Å². The van der Waals surface area contributed by atoms with Gasteiger partial charge in [0.25, 0.3) is 0 Å². The van der Waals surface area contributed by atoms with Crippen molar-refractivity contribution in [1.82, 2.24) is 0 Å². The molecule has 0 saturated heterocycles. The summed E-state index contributed by atoms with van der Waals surface area (Å²) in [6.45, 7) is 3.50. The minimum atomic E-state index is 0.633. The first-order valence-corrected chi connectivity index (χ1v) is 5.52. The number of ether oxygens (including phenoxy) is 1. The Hall–Kier alpha value is -1.71. The van der Waals surface area contributed by atoms with Crippen molar-refractivity contribution < 1.29 is 4.74 Å². The van der Waals surface area contributed by atoms with Crippen LogP contribution in [0.1, 0.15) is 18.9 Å². The van der Waals surface area contributed by atoms with Crippen LogP contribution in [0.15, 0.2) is 39.7 Å². The van der Waals surface area contributed by atoms with Crippen LogP contribution in [0.2, 0.25) is 0 Å². The average Bonchev–Trinajstić information content (AvgIpc) is 2.81. The summed E-state index contributed by atoms with van der Waals surface area (Å²) in [6, 6.07) is 8.11. The monoisotopic (exact) mass is 217 g/mol. The lowest BCUT2D eigenvalue weighted by atomic mass is 10.1. The molecule has 0 N–H and O–H groups in total. The van der Waals surface area contributed by atoms with Gasteiger partial charge in [-0.05, 0) is 29.3 Å². The summed E-state index contributed by atoms with van der Waals surface area (Å²) in [6.07, 6.45) is 1.85. The molecule has 1 heterocycles. The molecule has 0 aliphatic carbocycles. The number of nitrogens with zero attached hydrogens (tertiary/aromatic N) is 3. The van der Waals surface area contributed by atoms with E-state index >= 15 is 0 Å². The van der Waals surface area contributed by atoms with Gasteiger partial charge in [-0.2, -0.15) is 5.11 Å². The quantitative estimate of drug-likeness (QED) is 0.748. The lowest BCUT2D eigenvalue weighted by molar-refractivity contribution is 0.317. The van der Waals surface area contributed by atoms with Gasteiger partial charge in [-0.15, -0.1) is 5.10 Å². The van der Waals surface area contributed by atoms with E-state index in [0.717, 1.165) is 30.9 Å². The van der Waals surface area contributed by atoms with Crippen molar-refractivity contribution in [3.63, 3.8) is 0 Å². The Bertz CT molecular complexity index is 395. The fourth-order valence-corrected chi connectivity index (χ4v) is 1.49. The van der Waals surface area contributed by atoms with E-state index in [2.05, 4.69) is 34.5 Å². The molecule has 1 aromatic rings. The predicted molar refractivity (Wildman–Crippen MR) is 63.1 cm³/mol. The molecule has 2 rings (SSSR count). The number of hydrogen-bond acceptors (Lipinski definition) is 4. The van der Waals surface area contributed by atoms with Crippen LogP contribution < -0.4 is 4.74 Å². The van der Waals surface area contributed by atoms with Gasteiger partial charge in [-0.3, -0.25) is 0 Å². The van der Waals surface area contributed by atoms with Crippen molar-refractivity contribution in [2.45, 2.75) is 19.8 Å². The normalized spacial score (nSPS) is 13.9. The molecule has 0 bridgehead atoms. The second-order valence-electron chi connectivity index (χ2n) is 3.72. The standard InChI is InChI=1S/C12H15N3O/c1-2-7-16-12-5-3-10(4-6-12)8-11-9-13-15-14-11/h3-6H,2,7-9H2,1H3. The Morgan fingerprint density at radius 2 is 2.06 bits per heavy atom. The maximum absolute atomic E-state index is 5.51. The third-order valence-corrected chi connectivity index (χ3v) is 2.31. The number of hydrogen-bond donors (Lipinski definition) is 0. The Kier molecular flexibility index (Phi) is 3.64. The first kappa shape index (κ1) is 10.8. The smallest absolute Gasteiger partial charge is 0.119 e. The van der Waals surface area contributed by atoms with Crippen LogP contribution in [0.5, 0.6) is 5.75 Å². The topological polar surface area (TPSA) is 46.3 Å².